The van der Waals surface area contributed by atoms with Crippen LogP contribution in [0.3, 0.4) is 0 Å². The number of halogens is 1. The lowest BCUT2D eigenvalue weighted by Crippen LogP contribution is -2.48. The summed E-state index contributed by atoms with van der Waals surface area (Å²) in [5.41, 5.74) is 0. The van der Waals surface area contributed by atoms with E-state index in [0.717, 1.165) is 37.1 Å². The third kappa shape index (κ3) is 11.3. The monoisotopic (exact) mass is 397 g/mol. The van der Waals surface area contributed by atoms with E-state index < -0.39 is 5.97 Å². The molecule has 2 N–H and O–H groups in total. The van der Waals surface area contributed by atoms with Crippen LogP contribution in [-0.4, -0.2) is 73.2 Å². The Balaban J connectivity index is 0.000000338. The molecule has 0 spiro atoms. The second-order valence-corrected chi connectivity index (χ2v) is 7.21. The number of aliphatic carboxylic acids is 1. The number of nitrogens with zero attached hydrogens (tertiary/aromatic N) is 2. The number of benzene rings is 1. The highest BCUT2D eigenvalue weighted by atomic mass is 35.5. The molecule has 2 fully saturated rings. The van der Waals surface area contributed by atoms with Gasteiger partial charge in [0.1, 0.15) is 0 Å². The van der Waals surface area contributed by atoms with Gasteiger partial charge in [-0.3, -0.25) is 4.79 Å². The molecule has 0 atom stereocenters. The summed E-state index contributed by atoms with van der Waals surface area (Å²) in [5, 5.41) is 12.9. The van der Waals surface area contributed by atoms with Crippen molar-refractivity contribution in [3.63, 3.8) is 0 Å². The first-order valence-corrected chi connectivity index (χ1v) is 10.6. The molecule has 2 heterocycles. The van der Waals surface area contributed by atoms with Gasteiger partial charge in [0.05, 0.1) is 6.42 Å². The van der Waals surface area contributed by atoms with Crippen molar-refractivity contribution in [3.05, 3.63) is 35.4 Å². The zero-order chi connectivity index (χ0) is 19.9. The van der Waals surface area contributed by atoms with Gasteiger partial charge in [0.2, 0.25) is 0 Å². The van der Waals surface area contributed by atoms with Crippen molar-refractivity contribution in [2.24, 2.45) is 5.92 Å². The first-order valence-electron chi connectivity index (χ1n) is 10.2. The Morgan fingerprint density at radius 3 is 2.11 bits per heavy atom. The minimum atomic E-state index is -0.688. The molecule has 0 aromatic heterocycles. The van der Waals surface area contributed by atoms with E-state index in [4.69, 9.17) is 16.7 Å². The Bertz CT molecular complexity index is 487. The molecular weight excluding hydrogens is 362 g/mol. The Kier molecular flexibility index (Phi) is 13.2. The molecule has 0 bridgehead atoms. The number of carbonyl (C=O) groups is 1. The number of hydrogen-bond acceptors (Lipinski definition) is 4. The average Bonchev–Trinajstić information content (AvgIpc) is 2.71. The van der Waals surface area contributed by atoms with E-state index >= 15 is 0 Å². The second-order valence-electron chi connectivity index (χ2n) is 6.77. The van der Waals surface area contributed by atoms with Crippen molar-refractivity contribution in [2.75, 3.05) is 52.4 Å². The Labute approximate surface area is 169 Å². The van der Waals surface area contributed by atoms with Gasteiger partial charge in [-0.25, -0.2) is 0 Å². The van der Waals surface area contributed by atoms with Crippen molar-refractivity contribution in [3.8, 4) is 0 Å². The normalized spacial score (nSPS) is 18.6. The number of carboxylic acid groups (broad SMARTS) is 1. The molecule has 0 aliphatic carbocycles. The Morgan fingerprint density at radius 1 is 1.07 bits per heavy atom. The lowest BCUT2D eigenvalue weighted by Gasteiger charge is -2.37. The van der Waals surface area contributed by atoms with E-state index in [9.17, 15) is 4.79 Å². The smallest absolute Gasteiger partial charge is 0.304 e. The summed E-state index contributed by atoms with van der Waals surface area (Å²) in [5.74, 6) is 0.170. The molecule has 1 aromatic rings. The van der Waals surface area contributed by atoms with Crippen LogP contribution in [0.5, 0.6) is 0 Å². The van der Waals surface area contributed by atoms with Crippen LogP contribution in [0.25, 0.3) is 0 Å². The SMILES string of the molecule is CC.Clc1ccccc1.O=C(O)CCN1CCN(CC2CCNCC2)CC1. The third-order valence-electron chi connectivity index (χ3n) is 4.82. The molecule has 154 valence electrons. The summed E-state index contributed by atoms with van der Waals surface area (Å²) in [7, 11) is 0. The second kappa shape index (κ2) is 14.9. The lowest BCUT2D eigenvalue weighted by molar-refractivity contribution is -0.137. The standard InChI is InChI=1S/C13H25N3O2.C6H5Cl.C2H6/c17-13(18)3-6-15-7-9-16(10-8-15)11-12-1-4-14-5-2-12;7-6-4-2-1-3-5-6;1-2/h12,14H,1-11H2,(H,17,18);1-5H;1-2H3. The van der Waals surface area contributed by atoms with Crippen molar-refractivity contribution in [1.82, 2.24) is 15.1 Å². The number of nitrogens with one attached hydrogen (secondary N) is 1. The van der Waals surface area contributed by atoms with Gasteiger partial charge in [-0.05, 0) is 44.0 Å². The fourth-order valence-electron chi connectivity index (χ4n) is 3.29. The van der Waals surface area contributed by atoms with Gasteiger partial charge >= 0.3 is 5.97 Å². The maximum Gasteiger partial charge on any atom is 0.304 e. The molecule has 0 radical (unpaired) electrons. The summed E-state index contributed by atoms with van der Waals surface area (Å²) in [4.78, 5) is 15.3. The number of rotatable bonds is 5. The van der Waals surface area contributed by atoms with E-state index in [-0.39, 0.29) is 6.42 Å². The molecule has 2 aliphatic rings. The van der Waals surface area contributed by atoms with Crippen molar-refractivity contribution in [1.29, 1.82) is 0 Å². The molecule has 6 heteroatoms. The van der Waals surface area contributed by atoms with Gasteiger partial charge in [-0.2, -0.15) is 0 Å². The van der Waals surface area contributed by atoms with Crippen LogP contribution in [0.1, 0.15) is 33.1 Å². The lowest BCUT2D eigenvalue weighted by atomic mass is 9.97. The summed E-state index contributed by atoms with van der Waals surface area (Å²) in [6.45, 7) is 12.5. The Morgan fingerprint density at radius 2 is 1.63 bits per heavy atom. The highest BCUT2D eigenvalue weighted by molar-refractivity contribution is 6.30. The van der Waals surface area contributed by atoms with Crippen LogP contribution in [-0.2, 0) is 4.79 Å². The van der Waals surface area contributed by atoms with Crippen molar-refractivity contribution < 1.29 is 9.90 Å². The van der Waals surface area contributed by atoms with Gasteiger partial charge in [-0.1, -0.05) is 43.6 Å². The summed E-state index contributed by atoms with van der Waals surface area (Å²) >= 11 is 5.54. The maximum atomic E-state index is 10.5. The van der Waals surface area contributed by atoms with E-state index in [1.165, 1.54) is 32.5 Å². The quantitative estimate of drug-likeness (QED) is 0.797. The van der Waals surface area contributed by atoms with Crippen LogP contribution in [0, 0.1) is 5.92 Å². The molecule has 2 saturated heterocycles. The average molecular weight is 398 g/mol. The van der Waals surface area contributed by atoms with Gasteiger partial charge in [0, 0.05) is 44.3 Å². The van der Waals surface area contributed by atoms with E-state index in [1.807, 2.05) is 44.2 Å². The first kappa shape index (κ1) is 23.9. The van der Waals surface area contributed by atoms with Crippen LogP contribution in [0.15, 0.2) is 30.3 Å². The maximum absolute atomic E-state index is 10.5. The fraction of sp³-hybridized carbons (Fsp3) is 0.667. The highest BCUT2D eigenvalue weighted by Crippen LogP contribution is 2.14. The summed E-state index contributed by atoms with van der Waals surface area (Å²) in [6, 6.07) is 9.44. The van der Waals surface area contributed by atoms with Crippen LogP contribution < -0.4 is 5.32 Å². The van der Waals surface area contributed by atoms with E-state index in [0.29, 0.717) is 6.54 Å². The predicted molar refractivity (Wildman–Crippen MR) is 114 cm³/mol. The predicted octanol–water partition coefficient (Wildman–Crippen LogP) is 3.44. The van der Waals surface area contributed by atoms with Crippen molar-refractivity contribution in [2.45, 2.75) is 33.1 Å². The van der Waals surface area contributed by atoms with E-state index in [1.54, 1.807) is 0 Å². The molecular formula is C21H36ClN3O2. The van der Waals surface area contributed by atoms with Crippen LogP contribution in [0.2, 0.25) is 5.02 Å². The largest absolute Gasteiger partial charge is 0.481 e. The number of piperazine rings is 1. The first-order chi connectivity index (χ1) is 13.1. The topological polar surface area (TPSA) is 55.8 Å². The zero-order valence-corrected chi connectivity index (χ0v) is 17.6. The molecule has 0 amide bonds. The molecule has 0 unspecified atom stereocenters. The van der Waals surface area contributed by atoms with Crippen LogP contribution >= 0.6 is 11.6 Å². The van der Waals surface area contributed by atoms with Gasteiger partial charge < -0.3 is 20.2 Å². The van der Waals surface area contributed by atoms with Gasteiger partial charge in [-0.15, -0.1) is 0 Å². The molecule has 27 heavy (non-hydrogen) atoms. The molecule has 0 saturated carbocycles. The van der Waals surface area contributed by atoms with E-state index in [2.05, 4.69) is 15.1 Å². The highest BCUT2D eigenvalue weighted by Gasteiger charge is 2.21. The minimum Gasteiger partial charge on any atom is -0.481 e. The van der Waals surface area contributed by atoms with Crippen molar-refractivity contribution >= 4 is 17.6 Å². The molecule has 1 aromatic carbocycles. The third-order valence-corrected chi connectivity index (χ3v) is 5.07. The molecule has 2 aliphatic heterocycles. The molecule has 3 rings (SSSR count). The summed E-state index contributed by atoms with van der Waals surface area (Å²) < 4.78 is 0. The van der Waals surface area contributed by atoms with Crippen LogP contribution in [0.4, 0.5) is 0 Å². The van der Waals surface area contributed by atoms with Gasteiger partial charge in [0.15, 0.2) is 0 Å². The summed E-state index contributed by atoms with van der Waals surface area (Å²) in [6.07, 6.45) is 2.88. The number of hydrogen-bond donors (Lipinski definition) is 2. The number of carboxylic acids is 1. The number of piperidine rings is 1. The van der Waals surface area contributed by atoms with Gasteiger partial charge in [0.25, 0.3) is 0 Å². The Hall–Kier alpha value is -1.14. The minimum absolute atomic E-state index is 0.272. The zero-order valence-electron chi connectivity index (χ0n) is 16.9. The fourth-order valence-corrected chi connectivity index (χ4v) is 3.44. The molecule has 5 nitrogen and oxygen atoms in total.